The van der Waals surface area contributed by atoms with E-state index in [1.54, 1.807) is 13.8 Å². The van der Waals surface area contributed by atoms with Gasteiger partial charge in [0.1, 0.15) is 6.10 Å². The topological polar surface area (TPSA) is 50.1 Å². The predicted molar refractivity (Wildman–Crippen MR) is 60.3 cm³/mol. The summed E-state index contributed by atoms with van der Waals surface area (Å²) < 4.78 is 5.28. The molecule has 0 spiro atoms. The minimum absolute atomic E-state index is 0.176. The average molecular weight is 217 g/mol. The molecule has 1 rings (SSSR count). The molecule has 0 N–H and O–H groups in total. The molecule has 84 valence electrons. The minimum atomic E-state index is -0.457. The van der Waals surface area contributed by atoms with Crippen molar-refractivity contribution >= 4 is 5.97 Å². The van der Waals surface area contributed by atoms with Crippen LogP contribution in [0, 0.1) is 17.2 Å². The van der Waals surface area contributed by atoms with Crippen molar-refractivity contribution in [1.82, 2.24) is 0 Å². The lowest BCUT2D eigenvalue weighted by molar-refractivity contribution is -0.153. The number of carbonyl (C=O) groups excluding carboxylic acids is 1. The highest BCUT2D eigenvalue weighted by Crippen LogP contribution is 2.21. The summed E-state index contributed by atoms with van der Waals surface area (Å²) in [6.07, 6.45) is -0.274. The van der Waals surface area contributed by atoms with Crippen LogP contribution in [0.1, 0.15) is 31.9 Å². The van der Waals surface area contributed by atoms with Crippen molar-refractivity contribution in [1.29, 1.82) is 5.26 Å². The van der Waals surface area contributed by atoms with Crippen molar-refractivity contribution in [3.8, 4) is 6.07 Å². The van der Waals surface area contributed by atoms with Crippen LogP contribution in [0.4, 0.5) is 0 Å². The highest BCUT2D eigenvalue weighted by Gasteiger charge is 2.18. The predicted octanol–water partition coefficient (Wildman–Crippen LogP) is 2.84. The molecule has 0 aliphatic rings. The fourth-order valence-corrected chi connectivity index (χ4v) is 1.25. The lowest BCUT2D eigenvalue weighted by atomic mass is 10.1. The molecule has 0 aliphatic heterocycles. The zero-order chi connectivity index (χ0) is 12.0. The van der Waals surface area contributed by atoms with Crippen LogP contribution in [0.15, 0.2) is 30.3 Å². The fraction of sp³-hybridized carbons (Fsp3) is 0.385. The van der Waals surface area contributed by atoms with Gasteiger partial charge in [-0.15, -0.1) is 0 Å². The number of carbonyl (C=O) groups is 1. The first-order chi connectivity index (χ1) is 7.65. The Hall–Kier alpha value is -1.82. The van der Waals surface area contributed by atoms with Gasteiger partial charge < -0.3 is 4.74 Å². The summed E-state index contributed by atoms with van der Waals surface area (Å²) >= 11 is 0. The van der Waals surface area contributed by atoms with Crippen LogP contribution in [0.3, 0.4) is 0 Å². The summed E-state index contributed by atoms with van der Waals surface area (Å²) in [5.41, 5.74) is 0.859. The Kier molecular flexibility index (Phi) is 4.53. The van der Waals surface area contributed by atoms with Crippen molar-refractivity contribution in [2.75, 3.05) is 0 Å². The summed E-state index contributed by atoms with van der Waals surface area (Å²) in [5, 5.41) is 8.71. The standard InChI is InChI=1S/C13H15NO2/c1-10(2)13(15)16-12(8-9-14)11-6-4-3-5-7-11/h3-7,10,12H,8H2,1-2H3. The van der Waals surface area contributed by atoms with Crippen molar-refractivity contribution in [2.45, 2.75) is 26.4 Å². The summed E-state index contributed by atoms with van der Waals surface area (Å²) in [6, 6.07) is 11.4. The zero-order valence-electron chi connectivity index (χ0n) is 9.51. The van der Waals surface area contributed by atoms with E-state index in [0.29, 0.717) is 0 Å². The van der Waals surface area contributed by atoms with Gasteiger partial charge in [-0.05, 0) is 5.56 Å². The first kappa shape index (κ1) is 12.3. The van der Waals surface area contributed by atoms with E-state index in [2.05, 4.69) is 0 Å². The van der Waals surface area contributed by atoms with E-state index >= 15 is 0 Å². The molecule has 0 fully saturated rings. The van der Waals surface area contributed by atoms with E-state index in [1.807, 2.05) is 36.4 Å². The first-order valence-electron chi connectivity index (χ1n) is 5.27. The van der Waals surface area contributed by atoms with E-state index in [1.165, 1.54) is 0 Å². The van der Waals surface area contributed by atoms with Gasteiger partial charge in [0.2, 0.25) is 0 Å². The lowest BCUT2D eigenvalue weighted by Gasteiger charge is -2.16. The molecule has 0 saturated heterocycles. The van der Waals surface area contributed by atoms with Gasteiger partial charge in [-0.1, -0.05) is 44.2 Å². The maximum atomic E-state index is 11.5. The molecule has 3 heteroatoms. The fourth-order valence-electron chi connectivity index (χ4n) is 1.25. The minimum Gasteiger partial charge on any atom is -0.456 e. The number of nitriles is 1. The number of ether oxygens (including phenoxy) is 1. The van der Waals surface area contributed by atoms with E-state index in [0.717, 1.165) is 5.56 Å². The second kappa shape index (κ2) is 5.92. The lowest BCUT2D eigenvalue weighted by Crippen LogP contribution is -2.15. The molecule has 0 bridgehead atoms. The third-order valence-electron chi connectivity index (χ3n) is 2.18. The third-order valence-corrected chi connectivity index (χ3v) is 2.18. The van der Waals surface area contributed by atoms with E-state index in [9.17, 15) is 4.79 Å². The molecule has 1 unspecified atom stereocenters. The molecule has 0 saturated carbocycles. The number of nitrogens with zero attached hydrogens (tertiary/aromatic N) is 1. The molecule has 0 aliphatic carbocycles. The third kappa shape index (κ3) is 3.39. The Morgan fingerprint density at radius 2 is 2.00 bits per heavy atom. The van der Waals surface area contributed by atoms with Crippen LogP contribution >= 0.6 is 0 Å². The van der Waals surface area contributed by atoms with Crippen LogP contribution in [-0.2, 0) is 9.53 Å². The molecule has 1 aromatic rings. The Morgan fingerprint density at radius 3 is 2.50 bits per heavy atom. The average Bonchev–Trinajstić information content (AvgIpc) is 2.29. The van der Waals surface area contributed by atoms with Crippen LogP contribution < -0.4 is 0 Å². The largest absolute Gasteiger partial charge is 0.456 e. The smallest absolute Gasteiger partial charge is 0.309 e. The second-order valence-electron chi connectivity index (χ2n) is 3.85. The molecule has 1 atom stereocenters. The molecule has 0 heterocycles. The number of hydrogen-bond acceptors (Lipinski definition) is 3. The number of rotatable bonds is 4. The molecular weight excluding hydrogens is 202 g/mol. The van der Waals surface area contributed by atoms with Crippen LogP contribution in [-0.4, -0.2) is 5.97 Å². The van der Waals surface area contributed by atoms with Crippen LogP contribution in [0.25, 0.3) is 0 Å². The molecular formula is C13H15NO2. The Bertz CT molecular complexity index is 379. The number of benzene rings is 1. The summed E-state index contributed by atoms with van der Waals surface area (Å²) in [7, 11) is 0. The van der Waals surface area contributed by atoms with E-state index in [-0.39, 0.29) is 18.3 Å². The number of hydrogen-bond donors (Lipinski definition) is 0. The Labute approximate surface area is 95.7 Å². The first-order valence-corrected chi connectivity index (χ1v) is 5.27. The van der Waals surface area contributed by atoms with Gasteiger partial charge >= 0.3 is 5.97 Å². The Morgan fingerprint density at radius 1 is 1.38 bits per heavy atom. The summed E-state index contributed by atoms with van der Waals surface area (Å²) in [6.45, 7) is 3.55. The summed E-state index contributed by atoms with van der Waals surface area (Å²) in [4.78, 5) is 11.5. The van der Waals surface area contributed by atoms with Crippen molar-refractivity contribution in [3.63, 3.8) is 0 Å². The normalized spacial score (nSPS) is 11.9. The summed E-state index contributed by atoms with van der Waals surface area (Å²) in [5.74, 6) is -0.450. The van der Waals surface area contributed by atoms with Gasteiger partial charge in [0.05, 0.1) is 18.4 Å². The highest BCUT2D eigenvalue weighted by molar-refractivity contribution is 5.71. The second-order valence-corrected chi connectivity index (χ2v) is 3.85. The van der Waals surface area contributed by atoms with Gasteiger partial charge in [-0.2, -0.15) is 5.26 Å². The molecule has 1 aromatic carbocycles. The van der Waals surface area contributed by atoms with Crippen molar-refractivity contribution in [2.24, 2.45) is 5.92 Å². The van der Waals surface area contributed by atoms with Gasteiger partial charge in [-0.3, -0.25) is 4.79 Å². The molecule has 0 amide bonds. The van der Waals surface area contributed by atoms with Crippen LogP contribution in [0.2, 0.25) is 0 Å². The van der Waals surface area contributed by atoms with E-state index < -0.39 is 6.10 Å². The maximum absolute atomic E-state index is 11.5. The quantitative estimate of drug-likeness (QED) is 0.728. The van der Waals surface area contributed by atoms with Gasteiger partial charge in [-0.25, -0.2) is 0 Å². The molecule has 3 nitrogen and oxygen atoms in total. The van der Waals surface area contributed by atoms with Crippen molar-refractivity contribution < 1.29 is 9.53 Å². The van der Waals surface area contributed by atoms with E-state index in [4.69, 9.17) is 10.00 Å². The van der Waals surface area contributed by atoms with Gasteiger partial charge in [0.25, 0.3) is 0 Å². The molecule has 0 aromatic heterocycles. The molecule has 0 radical (unpaired) electrons. The number of esters is 1. The van der Waals surface area contributed by atoms with Crippen molar-refractivity contribution in [3.05, 3.63) is 35.9 Å². The zero-order valence-corrected chi connectivity index (χ0v) is 9.51. The SMILES string of the molecule is CC(C)C(=O)OC(CC#N)c1ccccc1. The molecule has 16 heavy (non-hydrogen) atoms. The highest BCUT2D eigenvalue weighted by atomic mass is 16.5. The maximum Gasteiger partial charge on any atom is 0.309 e. The Balaban J connectivity index is 2.77. The van der Waals surface area contributed by atoms with Gasteiger partial charge in [0.15, 0.2) is 0 Å². The van der Waals surface area contributed by atoms with Gasteiger partial charge in [0, 0.05) is 0 Å². The monoisotopic (exact) mass is 217 g/mol. The van der Waals surface area contributed by atoms with Crippen LogP contribution in [0.5, 0.6) is 0 Å².